The van der Waals surface area contributed by atoms with E-state index in [2.05, 4.69) is 19.6 Å². The fraction of sp³-hybridized carbons (Fsp3) is 0.333. The predicted molar refractivity (Wildman–Crippen MR) is 95.3 cm³/mol. The Bertz CT molecular complexity index is 764. The minimum absolute atomic E-state index is 0.0574. The Morgan fingerprint density at radius 2 is 1.58 bits per heavy atom. The van der Waals surface area contributed by atoms with Gasteiger partial charge in [0.25, 0.3) is 0 Å². The summed E-state index contributed by atoms with van der Waals surface area (Å²) in [6, 6.07) is 10.3. The van der Waals surface area contributed by atoms with Crippen molar-refractivity contribution in [2.75, 3.05) is 6.61 Å². The van der Waals surface area contributed by atoms with Crippen LogP contribution >= 0.6 is 0 Å². The van der Waals surface area contributed by atoms with Crippen LogP contribution < -0.4 is 0 Å². The molecule has 0 aromatic heterocycles. The third kappa shape index (κ3) is 4.43. The maximum atomic E-state index is 12.3. The first-order valence-electron chi connectivity index (χ1n) is 7.79. The minimum atomic E-state index is -1.44. The lowest BCUT2D eigenvalue weighted by molar-refractivity contribution is 0.0296. The summed E-state index contributed by atoms with van der Waals surface area (Å²) in [4.78, 5) is 23.6. The molecule has 0 aliphatic carbocycles. The Morgan fingerprint density at radius 1 is 1.04 bits per heavy atom. The second-order valence-electron chi connectivity index (χ2n) is 7.03. The van der Waals surface area contributed by atoms with Gasteiger partial charge < -0.3 is 14.9 Å². The largest absolute Gasteiger partial charge is 0.478 e. The molecule has 2 N–H and O–H groups in total. The number of esters is 1. The quantitative estimate of drug-likeness (QED) is 0.619. The Kier molecular flexibility index (Phi) is 5.41. The molecule has 0 saturated heterocycles. The molecular formula is C18H22O5Si. The minimum Gasteiger partial charge on any atom is -0.478 e. The molecule has 1 unspecified atom stereocenters. The van der Waals surface area contributed by atoms with E-state index in [1.165, 1.54) is 12.1 Å². The van der Waals surface area contributed by atoms with E-state index in [1.807, 2.05) is 0 Å². The highest BCUT2D eigenvalue weighted by atomic mass is 28.3. The number of aliphatic hydroxyl groups is 1. The lowest BCUT2D eigenvalue weighted by Crippen LogP contribution is -2.30. The smallest absolute Gasteiger partial charge is 0.338 e. The molecule has 24 heavy (non-hydrogen) atoms. The number of ether oxygens (including phenoxy) is 1. The number of hydrogen-bond acceptors (Lipinski definition) is 4. The highest BCUT2D eigenvalue weighted by Gasteiger charge is 2.21. The molecule has 0 saturated carbocycles. The van der Waals surface area contributed by atoms with Gasteiger partial charge in [0, 0.05) is 8.07 Å². The van der Waals surface area contributed by atoms with Gasteiger partial charge in [0.15, 0.2) is 0 Å². The first-order valence-corrected chi connectivity index (χ1v) is 11.5. The van der Waals surface area contributed by atoms with Crippen molar-refractivity contribution in [3.8, 4) is 0 Å². The van der Waals surface area contributed by atoms with Crippen LogP contribution in [0.2, 0.25) is 25.7 Å². The second-order valence-corrected chi connectivity index (χ2v) is 12.6. The van der Waals surface area contributed by atoms with Gasteiger partial charge in [-0.3, -0.25) is 0 Å². The average molecular weight is 346 g/mol. The van der Waals surface area contributed by atoms with Crippen molar-refractivity contribution in [3.05, 3.63) is 47.5 Å². The summed E-state index contributed by atoms with van der Waals surface area (Å²) in [6.45, 7) is 6.35. The molecule has 0 spiro atoms. The molecule has 1 atom stereocenters. The monoisotopic (exact) mass is 346 g/mol. The molecule has 0 aliphatic heterocycles. The van der Waals surface area contributed by atoms with Gasteiger partial charge in [-0.1, -0.05) is 43.9 Å². The second kappa shape index (κ2) is 7.15. The van der Waals surface area contributed by atoms with Gasteiger partial charge in [-0.15, -0.1) is 0 Å². The van der Waals surface area contributed by atoms with Crippen molar-refractivity contribution in [2.24, 2.45) is 0 Å². The molecule has 0 aliphatic rings. The van der Waals surface area contributed by atoms with Crippen molar-refractivity contribution in [2.45, 2.75) is 31.8 Å². The van der Waals surface area contributed by atoms with Gasteiger partial charge >= 0.3 is 11.9 Å². The van der Waals surface area contributed by atoms with Crippen molar-refractivity contribution in [1.29, 1.82) is 0 Å². The van der Waals surface area contributed by atoms with E-state index >= 15 is 0 Å². The number of rotatable bonds is 6. The number of carboxylic acids is 1. The normalized spacial score (nSPS) is 12.8. The maximum Gasteiger partial charge on any atom is 0.338 e. The molecule has 2 aromatic rings. The molecule has 0 radical (unpaired) electrons. The Labute approximate surface area is 141 Å². The van der Waals surface area contributed by atoms with E-state index < -0.39 is 26.1 Å². The summed E-state index contributed by atoms with van der Waals surface area (Å²) in [5, 5.41) is 20.3. The van der Waals surface area contributed by atoms with Crippen molar-refractivity contribution >= 4 is 30.8 Å². The van der Waals surface area contributed by atoms with Crippen LogP contribution in [0.4, 0.5) is 0 Å². The standard InChI is InChI=1S/C18H22O5Si/c1-24(2,3)11-12(19)10-23-18(22)16-9-8-15(17(20)21)13-6-4-5-7-14(13)16/h4-9,12,19H,10-11H2,1-3H3,(H,20,21). The van der Waals surface area contributed by atoms with Gasteiger partial charge in [-0.05, 0) is 28.9 Å². The van der Waals surface area contributed by atoms with E-state index in [0.29, 0.717) is 22.4 Å². The number of carbonyl (C=O) groups excluding carboxylic acids is 1. The molecule has 0 bridgehead atoms. The Hall–Kier alpha value is -2.18. The third-order valence-electron chi connectivity index (χ3n) is 3.63. The molecule has 2 rings (SSSR count). The van der Waals surface area contributed by atoms with Crippen LogP contribution in [0.3, 0.4) is 0 Å². The molecular weight excluding hydrogens is 324 g/mol. The van der Waals surface area contributed by atoms with Crippen LogP contribution in [-0.2, 0) is 4.74 Å². The molecule has 0 heterocycles. The summed E-state index contributed by atoms with van der Waals surface area (Å²) in [6.07, 6.45) is -0.676. The number of aromatic carboxylic acids is 1. The average Bonchev–Trinajstić information content (AvgIpc) is 2.49. The molecule has 0 fully saturated rings. The summed E-state index contributed by atoms with van der Waals surface area (Å²) in [7, 11) is -1.44. The summed E-state index contributed by atoms with van der Waals surface area (Å²) < 4.78 is 5.23. The van der Waals surface area contributed by atoms with E-state index in [9.17, 15) is 19.8 Å². The van der Waals surface area contributed by atoms with E-state index in [-0.39, 0.29) is 12.2 Å². The predicted octanol–water partition coefficient (Wildman–Crippen LogP) is 3.39. The molecule has 6 heteroatoms. The number of benzene rings is 2. The van der Waals surface area contributed by atoms with Gasteiger partial charge in [0.1, 0.15) is 6.61 Å². The highest BCUT2D eigenvalue weighted by Crippen LogP contribution is 2.24. The fourth-order valence-corrected chi connectivity index (χ4v) is 4.21. The number of carbonyl (C=O) groups is 2. The van der Waals surface area contributed by atoms with Gasteiger partial charge in [0.2, 0.25) is 0 Å². The third-order valence-corrected chi connectivity index (χ3v) is 5.33. The summed E-state index contributed by atoms with van der Waals surface area (Å²) in [5.74, 6) is -1.60. The van der Waals surface area contributed by atoms with Crippen molar-refractivity contribution in [1.82, 2.24) is 0 Å². The van der Waals surface area contributed by atoms with Crippen LogP contribution in [0, 0.1) is 0 Å². The maximum absolute atomic E-state index is 12.3. The van der Waals surface area contributed by atoms with Crippen molar-refractivity contribution < 1.29 is 24.5 Å². The molecule has 0 amide bonds. The van der Waals surface area contributed by atoms with Crippen LogP contribution in [0.5, 0.6) is 0 Å². The fourth-order valence-electron chi connectivity index (χ4n) is 2.68. The summed E-state index contributed by atoms with van der Waals surface area (Å²) >= 11 is 0. The number of hydrogen-bond donors (Lipinski definition) is 2. The van der Waals surface area contributed by atoms with E-state index in [4.69, 9.17) is 4.74 Å². The Morgan fingerprint density at radius 3 is 2.12 bits per heavy atom. The number of fused-ring (bicyclic) bond motifs is 1. The topological polar surface area (TPSA) is 83.8 Å². The van der Waals surface area contributed by atoms with Crippen LogP contribution in [0.25, 0.3) is 10.8 Å². The molecule has 2 aromatic carbocycles. The molecule has 5 nitrogen and oxygen atoms in total. The lowest BCUT2D eigenvalue weighted by Gasteiger charge is -2.20. The first kappa shape index (κ1) is 18.2. The van der Waals surface area contributed by atoms with Crippen molar-refractivity contribution in [3.63, 3.8) is 0 Å². The molecule has 128 valence electrons. The van der Waals surface area contributed by atoms with E-state index in [0.717, 1.165) is 0 Å². The van der Waals surface area contributed by atoms with Gasteiger partial charge in [0.05, 0.1) is 17.2 Å². The van der Waals surface area contributed by atoms with Crippen LogP contribution in [0.15, 0.2) is 36.4 Å². The van der Waals surface area contributed by atoms with E-state index in [1.54, 1.807) is 24.3 Å². The van der Waals surface area contributed by atoms with Gasteiger partial charge in [-0.2, -0.15) is 0 Å². The lowest BCUT2D eigenvalue weighted by atomic mass is 9.99. The zero-order valence-corrected chi connectivity index (χ0v) is 15.1. The zero-order valence-electron chi connectivity index (χ0n) is 14.1. The highest BCUT2D eigenvalue weighted by molar-refractivity contribution is 6.76. The van der Waals surface area contributed by atoms with Gasteiger partial charge in [-0.25, -0.2) is 9.59 Å². The van der Waals surface area contributed by atoms with Crippen LogP contribution in [-0.4, -0.2) is 42.9 Å². The number of aliphatic hydroxyl groups excluding tert-OH is 1. The SMILES string of the molecule is C[Si](C)(C)CC(O)COC(=O)c1ccc(C(=O)O)c2ccccc12. The summed E-state index contributed by atoms with van der Waals surface area (Å²) in [5.41, 5.74) is 0.441. The number of carboxylic acid groups (broad SMARTS) is 1. The zero-order chi connectivity index (χ0) is 17.9. The first-order chi connectivity index (χ1) is 11.2. The Balaban J connectivity index is 2.22. The van der Waals surface area contributed by atoms with Crippen LogP contribution in [0.1, 0.15) is 20.7 Å².